The zero-order valence-corrected chi connectivity index (χ0v) is 16.4. The number of benzene rings is 1. The van der Waals surface area contributed by atoms with Crippen LogP contribution in [0.15, 0.2) is 30.3 Å². The van der Waals surface area contributed by atoms with Crippen molar-refractivity contribution in [3.05, 3.63) is 35.9 Å². The highest BCUT2D eigenvalue weighted by Gasteiger charge is 2.21. The van der Waals surface area contributed by atoms with Gasteiger partial charge in [0.1, 0.15) is 5.82 Å². The molecule has 2 aliphatic rings. The Labute approximate surface area is 162 Å². The van der Waals surface area contributed by atoms with Gasteiger partial charge in [-0.3, -0.25) is 4.79 Å². The van der Waals surface area contributed by atoms with Gasteiger partial charge in [-0.05, 0) is 49.7 Å². The number of pyridine rings is 1. The van der Waals surface area contributed by atoms with Crippen LogP contribution in [0, 0.1) is 11.8 Å². The van der Waals surface area contributed by atoms with Gasteiger partial charge in [-0.2, -0.15) is 0 Å². The molecule has 1 unspecified atom stereocenters. The van der Waals surface area contributed by atoms with E-state index in [0.717, 1.165) is 41.9 Å². The molecule has 1 aliphatic heterocycles. The number of rotatable bonds is 4. The Kier molecular flexibility index (Phi) is 5.61. The van der Waals surface area contributed by atoms with E-state index in [0.29, 0.717) is 11.8 Å². The highest BCUT2D eigenvalue weighted by molar-refractivity contribution is 6.07. The third-order valence-corrected chi connectivity index (χ3v) is 6.20. The molecule has 1 N–H and O–H groups in total. The average molecular weight is 366 g/mol. The molecule has 1 saturated carbocycles. The van der Waals surface area contributed by atoms with Crippen molar-refractivity contribution >= 4 is 22.6 Å². The maximum Gasteiger partial charge on any atom is 0.252 e. The number of hydrogen-bond acceptors (Lipinski definition) is 3. The van der Waals surface area contributed by atoms with E-state index in [1.807, 2.05) is 30.3 Å². The maximum atomic E-state index is 13.0. The molecule has 2 heterocycles. The Morgan fingerprint density at radius 3 is 2.78 bits per heavy atom. The van der Waals surface area contributed by atoms with Gasteiger partial charge in [-0.1, -0.05) is 44.4 Å². The van der Waals surface area contributed by atoms with Crippen molar-refractivity contribution < 1.29 is 4.79 Å². The number of anilines is 1. The molecule has 4 heteroatoms. The molecule has 1 atom stereocenters. The Morgan fingerprint density at radius 2 is 1.96 bits per heavy atom. The van der Waals surface area contributed by atoms with Crippen LogP contribution in [0.4, 0.5) is 5.82 Å². The normalized spacial score (nSPS) is 21.4. The molecule has 0 bridgehead atoms. The zero-order valence-electron chi connectivity index (χ0n) is 16.4. The van der Waals surface area contributed by atoms with Gasteiger partial charge in [0.25, 0.3) is 5.91 Å². The standard InChI is InChI=1S/C23H31N3O/c1-17-8-7-13-26(16-17)22-14-20(19-11-5-6-12-21(19)25-22)23(27)24-15-18-9-3-2-4-10-18/h5-6,11-12,14,17-18H,2-4,7-10,13,15-16H2,1H3,(H,24,27). The largest absolute Gasteiger partial charge is 0.356 e. The molecule has 27 heavy (non-hydrogen) atoms. The molecule has 144 valence electrons. The summed E-state index contributed by atoms with van der Waals surface area (Å²) in [6.45, 7) is 5.14. The highest BCUT2D eigenvalue weighted by Crippen LogP contribution is 2.27. The molecule has 2 fully saturated rings. The zero-order chi connectivity index (χ0) is 18.6. The summed E-state index contributed by atoms with van der Waals surface area (Å²) < 4.78 is 0. The van der Waals surface area contributed by atoms with Crippen molar-refractivity contribution in [3.63, 3.8) is 0 Å². The van der Waals surface area contributed by atoms with E-state index in [-0.39, 0.29) is 5.91 Å². The molecule has 1 aromatic heterocycles. The molecule has 0 radical (unpaired) electrons. The lowest BCUT2D eigenvalue weighted by atomic mass is 9.89. The number of hydrogen-bond donors (Lipinski definition) is 1. The first-order chi connectivity index (χ1) is 13.2. The molecule has 1 amide bonds. The Balaban J connectivity index is 1.58. The number of nitrogens with one attached hydrogen (secondary N) is 1. The minimum absolute atomic E-state index is 0.0467. The summed E-state index contributed by atoms with van der Waals surface area (Å²) in [7, 11) is 0. The van der Waals surface area contributed by atoms with Crippen LogP contribution in [0.1, 0.15) is 62.2 Å². The summed E-state index contributed by atoms with van der Waals surface area (Å²) in [5.74, 6) is 2.31. The van der Waals surface area contributed by atoms with Crippen LogP contribution in [-0.4, -0.2) is 30.5 Å². The van der Waals surface area contributed by atoms with Crippen molar-refractivity contribution in [1.82, 2.24) is 10.3 Å². The topological polar surface area (TPSA) is 45.2 Å². The van der Waals surface area contributed by atoms with Crippen LogP contribution in [-0.2, 0) is 0 Å². The lowest BCUT2D eigenvalue weighted by Crippen LogP contribution is -2.35. The third-order valence-electron chi connectivity index (χ3n) is 6.20. The van der Waals surface area contributed by atoms with E-state index in [4.69, 9.17) is 4.98 Å². The van der Waals surface area contributed by atoms with Gasteiger partial charge < -0.3 is 10.2 Å². The molecule has 2 aromatic rings. The summed E-state index contributed by atoms with van der Waals surface area (Å²) in [6, 6.07) is 10.0. The van der Waals surface area contributed by atoms with Crippen LogP contribution in [0.25, 0.3) is 10.9 Å². The number of carbonyl (C=O) groups is 1. The second-order valence-electron chi connectivity index (χ2n) is 8.45. The number of piperidine rings is 1. The predicted molar refractivity (Wildman–Crippen MR) is 111 cm³/mol. The Hall–Kier alpha value is -2.10. The Morgan fingerprint density at radius 1 is 1.15 bits per heavy atom. The molecule has 4 rings (SSSR count). The van der Waals surface area contributed by atoms with Gasteiger partial charge in [-0.25, -0.2) is 4.98 Å². The van der Waals surface area contributed by atoms with Crippen molar-refractivity contribution in [2.45, 2.75) is 51.9 Å². The van der Waals surface area contributed by atoms with Crippen LogP contribution >= 0.6 is 0 Å². The van der Waals surface area contributed by atoms with Gasteiger partial charge in [0.15, 0.2) is 0 Å². The molecular weight excluding hydrogens is 334 g/mol. The van der Waals surface area contributed by atoms with Gasteiger partial charge in [-0.15, -0.1) is 0 Å². The second kappa shape index (κ2) is 8.28. The van der Waals surface area contributed by atoms with Crippen LogP contribution in [0.5, 0.6) is 0 Å². The van der Waals surface area contributed by atoms with Crippen molar-refractivity contribution in [2.75, 3.05) is 24.5 Å². The number of para-hydroxylation sites is 1. The smallest absolute Gasteiger partial charge is 0.252 e. The number of aromatic nitrogens is 1. The maximum absolute atomic E-state index is 13.0. The van der Waals surface area contributed by atoms with Crippen LogP contribution in [0.2, 0.25) is 0 Å². The summed E-state index contributed by atoms with van der Waals surface area (Å²) >= 11 is 0. The minimum Gasteiger partial charge on any atom is -0.356 e. The Bertz CT molecular complexity index is 797. The van der Waals surface area contributed by atoms with Crippen LogP contribution in [0.3, 0.4) is 0 Å². The van der Waals surface area contributed by atoms with E-state index in [2.05, 4.69) is 17.1 Å². The van der Waals surface area contributed by atoms with E-state index in [1.54, 1.807) is 0 Å². The fourth-order valence-corrected chi connectivity index (χ4v) is 4.63. The number of carbonyl (C=O) groups excluding carboxylic acids is 1. The SMILES string of the molecule is CC1CCCN(c2cc(C(=O)NCC3CCCCC3)c3ccccc3n2)C1. The molecule has 1 saturated heterocycles. The first-order valence-corrected chi connectivity index (χ1v) is 10.6. The van der Waals surface area contributed by atoms with Gasteiger partial charge >= 0.3 is 0 Å². The third kappa shape index (κ3) is 4.26. The minimum atomic E-state index is 0.0467. The lowest BCUT2D eigenvalue weighted by molar-refractivity contribution is 0.0945. The summed E-state index contributed by atoms with van der Waals surface area (Å²) in [5, 5.41) is 4.17. The molecular formula is C23H31N3O. The predicted octanol–water partition coefficient (Wildman–Crippen LogP) is 4.78. The molecule has 1 aliphatic carbocycles. The first kappa shape index (κ1) is 18.3. The number of amides is 1. The van der Waals surface area contributed by atoms with Gasteiger partial charge in [0.2, 0.25) is 0 Å². The monoisotopic (exact) mass is 365 g/mol. The van der Waals surface area contributed by atoms with Gasteiger partial charge in [0, 0.05) is 25.0 Å². The summed E-state index contributed by atoms with van der Waals surface area (Å²) in [4.78, 5) is 20.3. The van der Waals surface area contributed by atoms with Crippen molar-refractivity contribution in [1.29, 1.82) is 0 Å². The fourth-order valence-electron chi connectivity index (χ4n) is 4.63. The first-order valence-electron chi connectivity index (χ1n) is 10.6. The van der Waals surface area contributed by atoms with Crippen molar-refractivity contribution in [2.24, 2.45) is 11.8 Å². The van der Waals surface area contributed by atoms with E-state index >= 15 is 0 Å². The lowest BCUT2D eigenvalue weighted by Gasteiger charge is -2.32. The van der Waals surface area contributed by atoms with E-state index in [1.165, 1.54) is 44.9 Å². The number of nitrogens with zero attached hydrogens (tertiary/aromatic N) is 2. The quantitative estimate of drug-likeness (QED) is 0.848. The summed E-state index contributed by atoms with van der Waals surface area (Å²) in [5.41, 5.74) is 1.68. The molecule has 4 nitrogen and oxygen atoms in total. The van der Waals surface area contributed by atoms with E-state index < -0.39 is 0 Å². The van der Waals surface area contributed by atoms with Crippen LogP contribution < -0.4 is 10.2 Å². The van der Waals surface area contributed by atoms with E-state index in [9.17, 15) is 4.79 Å². The average Bonchev–Trinajstić information content (AvgIpc) is 2.72. The second-order valence-corrected chi connectivity index (χ2v) is 8.45. The highest BCUT2D eigenvalue weighted by atomic mass is 16.1. The summed E-state index contributed by atoms with van der Waals surface area (Å²) in [6.07, 6.45) is 8.91. The number of fused-ring (bicyclic) bond motifs is 1. The molecule has 1 aromatic carbocycles. The fraction of sp³-hybridized carbons (Fsp3) is 0.565. The molecule has 0 spiro atoms. The van der Waals surface area contributed by atoms with Gasteiger partial charge in [0.05, 0.1) is 11.1 Å². The van der Waals surface area contributed by atoms with Crippen molar-refractivity contribution in [3.8, 4) is 0 Å².